The Morgan fingerprint density at radius 2 is 1.80 bits per heavy atom. The summed E-state index contributed by atoms with van der Waals surface area (Å²) in [4.78, 5) is 18.6. The van der Waals surface area contributed by atoms with Crippen LogP contribution in [0.25, 0.3) is 16.2 Å². The van der Waals surface area contributed by atoms with Gasteiger partial charge >= 0.3 is 0 Å². The van der Waals surface area contributed by atoms with E-state index in [-0.39, 0.29) is 5.91 Å². The Morgan fingerprint density at radius 1 is 1.07 bits per heavy atom. The molecule has 2 aromatic carbocycles. The van der Waals surface area contributed by atoms with Crippen LogP contribution in [0.1, 0.15) is 15.9 Å². The number of hydrogen-bond acceptors (Lipinski definition) is 6. The minimum absolute atomic E-state index is 0.291. The lowest BCUT2D eigenvalue weighted by Gasteiger charge is -2.15. The van der Waals surface area contributed by atoms with Gasteiger partial charge in [-0.25, -0.2) is 4.98 Å². The number of aromatic nitrogens is 2. The second-order valence-electron chi connectivity index (χ2n) is 6.64. The molecule has 0 radical (unpaired) electrons. The van der Waals surface area contributed by atoms with E-state index in [1.165, 1.54) is 21.3 Å². The molecular weight excluding hydrogens is 402 g/mol. The van der Waals surface area contributed by atoms with Crippen LogP contribution >= 0.6 is 11.3 Å². The van der Waals surface area contributed by atoms with Crippen LogP contribution in [0.3, 0.4) is 0 Å². The number of methoxy groups -OCH3 is 3. The molecule has 0 bridgehead atoms. The van der Waals surface area contributed by atoms with E-state index in [1.54, 1.807) is 23.5 Å². The van der Waals surface area contributed by atoms with Crippen molar-refractivity contribution in [1.82, 2.24) is 9.38 Å². The lowest BCUT2D eigenvalue weighted by atomic mass is 10.1. The summed E-state index contributed by atoms with van der Waals surface area (Å²) in [5, 5.41) is 4.97. The minimum Gasteiger partial charge on any atom is -0.493 e. The number of benzene rings is 2. The van der Waals surface area contributed by atoms with Crippen molar-refractivity contribution < 1.29 is 19.0 Å². The summed E-state index contributed by atoms with van der Waals surface area (Å²) in [6, 6.07) is 9.09. The van der Waals surface area contributed by atoms with Gasteiger partial charge in [0.15, 0.2) is 16.5 Å². The highest BCUT2D eigenvalue weighted by Gasteiger charge is 2.19. The molecule has 2 aromatic heterocycles. The van der Waals surface area contributed by atoms with Crippen molar-refractivity contribution >= 4 is 27.9 Å². The molecule has 0 saturated carbocycles. The molecule has 0 aliphatic carbocycles. The van der Waals surface area contributed by atoms with Gasteiger partial charge in [0.25, 0.3) is 5.91 Å². The number of rotatable bonds is 6. The van der Waals surface area contributed by atoms with Crippen molar-refractivity contribution in [3.8, 4) is 28.5 Å². The average molecular weight is 423 g/mol. The van der Waals surface area contributed by atoms with Crippen LogP contribution in [0.5, 0.6) is 17.2 Å². The number of imidazole rings is 1. The fraction of sp³-hybridized carbons (Fsp3) is 0.182. The first-order valence-electron chi connectivity index (χ1n) is 9.18. The highest BCUT2D eigenvalue weighted by atomic mass is 32.1. The Balaban J connectivity index is 1.71. The second-order valence-corrected chi connectivity index (χ2v) is 7.51. The van der Waals surface area contributed by atoms with Gasteiger partial charge in [-0.15, -0.1) is 11.3 Å². The molecule has 0 unspecified atom stereocenters. The Hall–Kier alpha value is -3.52. The summed E-state index contributed by atoms with van der Waals surface area (Å²) in [5.74, 6) is 0.979. The maximum Gasteiger partial charge on any atom is 0.255 e. The summed E-state index contributed by atoms with van der Waals surface area (Å²) in [6.07, 6.45) is 3.91. The SMILES string of the molecule is COc1cc(C(=O)Nc2ccc(C)cc2-c2cn3ccsc3n2)cc(OC)c1OC. The standard InChI is InChI=1S/C22H21N3O4S/c1-13-5-6-16(15(9-13)17-12-25-7-8-30-22(25)24-17)23-21(26)14-10-18(27-2)20(29-4)19(11-14)28-3/h5-12H,1-4H3,(H,23,26). The second kappa shape index (κ2) is 8.08. The summed E-state index contributed by atoms with van der Waals surface area (Å²) in [7, 11) is 4.55. The van der Waals surface area contributed by atoms with Crippen LogP contribution in [0.4, 0.5) is 5.69 Å². The summed E-state index contributed by atoms with van der Waals surface area (Å²) in [5.41, 5.74) is 3.79. The van der Waals surface area contributed by atoms with E-state index in [1.807, 2.05) is 47.3 Å². The van der Waals surface area contributed by atoms with Crippen molar-refractivity contribution in [2.45, 2.75) is 6.92 Å². The molecule has 0 saturated heterocycles. The zero-order valence-electron chi connectivity index (χ0n) is 17.1. The molecule has 0 atom stereocenters. The van der Waals surface area contributed by atoms with Crippen LogP contribution in [0.2, 0.25) is 0 Å². The molecule has 0 aliphatic heterocycles. The van der Waals surface area contributed by atoms with E-state index in [9.17, 15) is 4.79 Å². The maximum atomic E-state index is 13.1. The molecule has 4 rings (SSSR count). The third-order valence-electron chi connectivity index (χ3n) is 4.72. The smallest absolute Gasteiger partial charge is 0.255 e. The fourth-order valence-electron chi connectivity index (χ4n) is 3.24. The van der Waals surface area contributed by atoms with Gasteiger partial charge in [-0.2, -0.15) is 0 Å². The van der Waals surface area contributed by atoms with Gasteiger partial charge in [-0.3, -0.25) is 9.20 Å². The Labute approximate surface area is 177 Å². The van der Waals surface area contributed by atoms with E-state index in [4.69, 9.17) is 14.2 Å². The van der Waals surface area contributed by atoms with Gasteiger partial charge in [-0.1, -0.05) is 11.6 Å². The zero-order valence-corrected chi connectivity index (χ0v) is 17.9. The minimum atomic E-state index is -0.291. The number of hydrogen-bond donors (Lipinski definition) is 1. The maximum absolute atomic E-state index is 13.1. The summed E-state index contributed by atoms with van der Waals surface area (Å²) in [6.45, 7) is 2.01. The largest absolute Gasteiger partial charge is 0.493 e. The summed E-state index contributed by atoms with van der Waals surface area (Å²) < 4.78 is 18.0. The number of nitrogens with one attached hydrogen (secondary N) is 1. The third-order valence-corrected chi connectivity index (χ3v) is 5.49. The van der Waals surface area contributed by atoms with Crippen molar-refractivity contribution in [2.75, 3.05) is 26.6 Å². The first-order chi connectivity index (χ1) is 14.5. The predicted molar refractivity (Wildman–Crippen MR) is 117 cm³/mol. The molecule has 0 fully saturated rings. The van der Waals surface area contributed by atoms with Gasteiger partial charge in [0.2, 0.25) is 5.75 Å². The fourth-order valence-corrected chi connectivity index (χ4v) is 3.94. The topological polar surface area (TPSA) is 74.1 Å². The van der Waals surface area contributed by atoms with Crippen LogP contribution in [0, 0.1) is 6.92 Å². The van der Waals surface area contributed by atoms with Crippen LogP contribution in [-0.2, 0) is 0 Å². The molecular formula is C22H21N3O4S. The van der Waals surface area contributed by atoms with Crippen molar-refractivity contribution in [1.29, 1.82) is 0 Å². The van der Waals surface area contributed by atoms with Crippen LogP contribution in [-0.4, -0.2) is 36.6 Å². The van der Waals surface area contributed by atoms with Crippen molar-refractivity contribution in [3.63, 3.8) is 0 Å². The number of nitrogens with zero attached hydrogens (tertiary/aromatic N) is 2. The van der Waals surface area contributed by atoms with E-state index in [2.05, 4.69) is 10.3 Å². The molecule has 0 spiro atoms. The van der Waals surface area contributed by atoms with Gasteiger partial charge in [-0.05, 0) is 31.2 Å². The molecule has 7 nitrogen and oxygen atoms in total. The average Bonchev–Trinajstić information content (AvgIpc) is 3.36. The highest BCUT2D eigenvalue weighted by Crippen LogP contribution is 2.38. The predicted octanol–water partition coefficient (Wildman–Crippen LogP) is 4.65. The van der Waals surface area contributed by atoms with E-state index >= 15 is 0 Å². The van der Waals surface area contributed by atoms with Crippen molar-refractivity contribution in [2.24, 2.45) is 0 Å². The number of amides is 1. The number of fused-ring (bicyclic) bond motifs is 1. The number of carbonyl (C=O) groups is 1. The number of carbonyl (C=O) groups excluding carboxylic acids is 1. The van der Waals surface area contributed by atoms with E-state index in [0.29, 0.717) is 28.5 Å². The molecule has 4 aromatic rings. The van der Waals surface area contributed by atoms with Gasteiger partial charge in [0.05, 0.1) is 32.7 Å². The molecule has 1 N–H and O–H groups in total. The lowest BCUT2D eigenvalue weighted by Crippen LogP contribution is -2.13. The molecule has 154 valence electrons. The first-order valence-corrected chi connectivity index (χ1v) is 10.1. The number of ether oxygens (including phenoxy) is 3. The molecule has 2 heterocycles. The van der Waals surface area contributed by atoms with E-state index in [0.717, 1.165) is 21.8 Å². The Morgan fingerprint density at radius 3 is 2.43 bits per heavy atom. The molecule has 1 amide bonds. The Kier molecular flexibility index (Phi) is 5.33. The molecule has 8 heteroatoms. The monoisotopic (exact) mass is 423 g/mol. The quantitative estimate of drug-likeness (QED) is 0.489. The van der Waals surface area contributed by atoms with Crippen molar-refractivity contribution in [3.05, 3.63) is 59.2 Å². The molecule has 0 aliphatic rings. The number of thiazole rings is 1. The third kappa shape index (κ3) is 3.57. The Bertz CT molecular complexity index is 1170. The normalized spacial score (nSPS) is 10.8. The number of anilines is 1. The van der Waals surface area contributed by atoms with Crippen LogP contribution < -0.4 is 19.5 Å². The van der Waals surface area contributed by atoms with Gasteiger partial charge < -0.3 is 19.5 Å². The zero-order chi connectivity index (χ0) is 21.3. The van der Waals surface area contributed by atoms with Gasteiger partial charge in [0, 0.05) is 28.9 Å². The molecule has 30 heavy (non-hydrogen) atoms. The highest BCUT2D eigenvalue weighted by molar-refractivity contribution is 7.15. The number of aryl methyl sites for hydroxylation is 1. The lowest BCUT2D eigenvalue weighted by molar-refractivity contribution is 0.102. The first kappa shape index (κ1) is 19.8. The van der Waals surface area contributed by atoms with E-state index < -0.39 is 0 Å². The van der Waals surface area contributed by atoms with Crippen LogP contribution in [0.15, 0.2) is 48.1 Å². The summed E-state index contributed by atoms with van der Waals surface area (Å²) >= 11 is 1.56. The van der Waals surface area contributed by atoms with Gasteiger partial charge in [0.1, 0.15) is 0 Å².